The quantitative estimate of drug-likeness (QED) is 0.769. The fourth-order valence-electron chi connectivity index (χ4n) is 2.36. The van der Waals surface area contributed by atoms with E-state index < -0.39 is 0 Å². The van der Waals surface area contributed by atoms with Crippen LogP contribution in [-0.2, 0) is 6.54 Å². The normalized spacial score (nSPS) is 11.8. The average Bonchev–Trinajstić information content (AvgIpc) is 3.08. The van der Waals surface area contributed by atoms with Gasteiger partial charge in [-0.25, -0.2) is 0 Å². The van der Waals surface area contributed by atoms with Crippen molar-refractivity contribution in [3.8, 4) is 23.0 Å². The van der Waals surface area contributed by atoms with Gasteiger partial charge >= 0.3 is 0 Å². The van der Waals surface area contributed by atoms with Gasteiger partial charge in [0.2, 0.25) is 6.79 Å². The van der Waals surface area contributed by atoms with Gasteiger partial charge in [0.15, 0.2) is 16.6 Å². The van der Waals surface area contributed by atoms with Crippen LogP contribution >= 0.6 is 23.8 Å². The SMILES string of the molecule is COc1cc(NC(=S)NCc2ccc3c(c2)OCO3)c(OC)cc1Cl. The summed E-state index contributed by atoms with van der Waals surface area (Å²) < 4.78 is 21.2. The van der Waals surface area contributed by atoms with Crippen molar-refractivity contribution in [3.05, 3.63) is 40.9 Å². The fraction of sp³-hybridized carbons (Fsp3) is 0.235. The summed E-state index contributed by atoms with van der Waals surface area (Å²) in [6.07, 6.45) is 0. The number of thiocarbonyl (C=S) groups is 1. The van der Waals surface area contributed by atoms with Crippen molar-refractivity contribution in [3.63, 3.8) is 0 Å². The third-order valence-electron chi connectivity index (χ3n) is 3.61. The molecule has 1 aliphatic rings. The summed E-state index contributed by atoms with van der Waals surface area (Å²) in [6.45, 7) is 0.792. The lowest BCUT2D eigenvalue weighted by Crippen LogP contribution is -2.28. The summed E-state index contributed by atoms with van der Waals surface area (Å²) in [5.74, 6) is 2.59. The molecule has 3 rings (SSSR count). The molecule has 2 aromatic carbocycles. The van der Waals surface area contributed by atoms with E-state index in [9.17, 15) is 0 Å². The molecule has 0 fully saturated rings. The van der Waals surface area contributed by atoms with Gasteiger partial charge in [-0.05, 0) is 29.9 Å². The smallest absolute Gasteiger partial charge is 0.231 e. The monoisotopic (exact) mass is 380 g/mol. The summed E-state index contributed by atoms with van der Waals surface area (Å²) >= 11 is 11.4. The van der Waals surface area contributed by atoms with Crippen molar-refractivity contribution in [1.29, 1.82) is 0 Å². The molecule has 132 valence electrons. The predicted molar refractivity (Wildman–Crippen MR) is 100 cm³/mol. The van der Waals surface area contributed by atoms with E-state index in [2.05, 4.69) is 10.6 Å². The van der Waals surface area contributed by atoms with E-state index in [1.165, 1.54) is 0 Å². The summed E-state index contributed by atoms with van der Waals surface area (Å²) in [4.78, 5) is 0. The van der Waals surface area contributed by atoms with E-state index >= 15 is 0 Å². The average molecular weight is 381 g/mol. The number of anilines is 1. The van der Waals surface area contributed by atoms with Crippen LogP contribution in [0, 0.1) is 0 Å². The first kappa shape index (κ1) is 17.4. The van der Waals surface area contributed by atoms with Crippen LogP contribution in [0.3, 0.4) is 0 Å². The molecule has 0 amide bonds. The minimum absolute atomic E-state index is 0.254. The van der Waals surface area contributed by atoms with Crippen LogP contribution in [0.5, 0.6) is 23.0 Å². The molecule has 0 saturated carbocycles. The zero-order valence-corrected chi connectivity index (χ0v) is 15.3. The molecule has 0 spiro atoms. The highest BCUT2D eigenvalue weighted by atomic mass is 35.5. The number of benzene rings is 2. The van der Waals surface area contributed by atoms with Crippen LogP contribution in [0.15, 0.2) is 30.3 Å². The number of fused-ring (bicyclic) bond motifs is 1. The first-order valence-electron chi connectivity index (χ1n) is 7.45. The summed E-state index contributed by atoms with van der Waals surface area (Å²) in [5.41, 5.74) is 1.68. The van der Waals surface area contributed by atoms with Crippen LogP contribution in [0.25, 0.3) is 0 Å². The van der Waals surface area contributed by atoms with Crippen molar-refractivity contribution in [2.75, 3.05) is 26.3 Å². The molecule has 2 N–H and O–H groups in total. The van der Waals surface area contributed by atoms with Gasteiger partial charge in [-0.1, -0.05) is 17.7 Å². The lowest BCUT2D eigenvalue weighted by atomic mass is 10.2. The molecular weight excluding hydrogens is 364 g/mol. The maximum atomic E-state index is 6.10. The van der Waals surface area contributed by atoms with E-state index in [1.54, 1.807) is 26.4 Å². The van der Waals surface area contributed by atoms with Crippen LogP contribution in [0.4, 0.5) is 5.69 Å². The third kappa shape index (κ3) is 4.00. The molecule has 0 bridgehead atoms. The first-order chi connectivity index (χ1) is 12.1. The molecule has 1 heterocycles. The number of halogens is 1. The van der Waals surface area contributed by atoms with Crippen molar-refractivity contribution in [2.45, 2.75) is 6.54 Å². The van der Waals surface area contributed by atoms with Crippen LogP contribution in [0.1, 0.15) is 5.56 Å². The largest absolute Gasteiger partial charge is 0.495 e. The summed E-state index contributed by atoms with van der Waals surface area (Å²) in [6, 6.07) is 9.15. The number of rotatable bonds is 5. The first-order valence-corrected chi connectivity index (χ1v) is 8.24. The highest BCUT2D eigenvalue weighted by Crippen LogP contribution is 2.36. The van der Waals surface area contributed by atoms with E-state index in [0.717, 1.165) is 17.1 Å². The Labute approximate surface area is 156 Å². The molecule has 2 aromatic rings. The molecule has 25 heavy (non-hydrogen) atoms. The molecule has 0 saturated heterocycles. The van der Waals surface area contributed by atoms with Gasteiger partial charge < -0.3 is 29.6 Å². The molecule has 0 radical (unpaired) electrons. The van der Waals surface area contributed by atoms with Crippen molar-refractivity contribution in [2.24, 2.45) is 0 Å². The Balaban J connectivity index is 1.64. The molecular formula is C17H17ClN2O4S. The van der Waals surface area contributed by atoms with Crippen molar-refractivity contribution < 1.29 is 18.9 Å². The number of ether oxygens (including phenoxy) is 4. The Morgan fingerprint density at radius 1 is 1.12 bits per heavy atom. The standard InChI is InChI=1S/C17H17ClN2O4S/c1-21-14-7-12(15(22-2)6-11(14)18)20-17(25)19-8-10-3-4-13-16(5-10)24-9-23-13/h3-7H,8-9H2,1-2H3,(H2,19,20,25). The Hall–Kier alpha value is -2.38. The number of hydrogen-bond acceptors (Lipinski definition) is 5. The van der Waals surface area contributed by atoms with Crippen LogP contribution in [-0.4, -0.2) is 26.1 Å². The molecule has 0 aromatic heterocycles. The van der Waals surface area contributed by atoms with Crippen molar-refractivity contribution in [1.82, 2.24) is 5.32 Å². The van der Waals surface area contributed by atoms with Gasteiger partial charge in [-0.15, -0.1) is 0 Å². The van der Waals surface area contributed by atoms with Gasteiger partial charge in [-0.3, -0.25) is 0 Å². The minimum Gasteiger partial charge on any atom is -0.495 e. The highest BCUT2D eigenvalue weighted by molar-refractivity contribution is 7.80. The highest BCUT2D eigenvalue weighted by Gasteiger charge is 2.14. The Kier molecular flexibility index (Phi) is 5.35. The van der Waals surface area contributed by atoms with E-state index in [1.807, 2.05) is 18.2 Å². The molecule has 6 nitrogen and oxygen atoms in total. The zero-order chi connectivity index (χ0) is 17.8. The number of nitrogens with one attached hydrogen (secondary N) is 2. The zero-order valence-electron chi connectivity index (χ0n) is 13.7. The topological polar surface area (TPSA) is 61.0 Å². The van der Waals surface area contributed by atoms with Gasteiger partial charge in [-0.2, -0.15) is 0 Å². The maximum Gasteiger partial charge on any atom is 0.231 e. The summed E-state index contributed by atoms with van der Waals surface area (Å²) in [7, 11) is 3.11. The predicted octanol–water partition coefficient (Wildman–Crippen LogP) is 3.57. The Bertz CT molecular complexity index is 800. The van der Waals surface area contributed by atoms with Gasteiger partial charge in [0.05, 0.1) is 24.9 Å². The lowest BCUT2D eigenvalue weighted by Gasteiger charge is -2.15. The summed E-state index contributed by atoms with van der Waals surface area (Å²) in [5, 5.41) is 7.13. The second-order valence-corrected chi connectivity index (χ2v) is 6.00. The second-order valence-electron chi connectivity index (χ2n) is 5.18. The fourth-order valence-corrected chi connectivity index (χ4v) is 2.77. The van der Waals surface area contributed by atoms with Crippen LogP contribution < -0.4 is 29.6 Å². The van der Waals surface area contributed by atoms with Crippen LogP contribution in [0.2, 0.25) is 5.02 Å². The minimum atomic E-state index is 0.254. The van der Waals surface area contributed by atoms with Gasteiger partial charge in [0.1, 0.15) is 11.5 Å². The van der Waals surface area contributed by atoms with E-state index in [4.69, 9.17) is 42.8 Å². The van der Waals surface area contributed by atoms with Gasteiger partial charge in [0.25, 0.3) is 0 Å². The third-order valence-corrected chi connectivity index (χ3v) is 4.15. The number of hydrogen-bond donors (Lipinski definition) is 2. The molecule has 1 aliphatic heterocycles. The van der Waals surface area contributed by atoms with Gasteiger partial charge in [0, 0.05) is 18.7 Å². The number of methoxy groups -OCH3 is 2. The van der Waals surface area contributed by atoms with Crippen molar-refractivity contribution >= 4 is 34.6 Å². The molecule has 8 heteroatoms. The molecule has 0 atom stereocenters. The Morgan fingerprint density at radius 3 is 2.64 bits per heavy atom. The van der Waals surface area contributed by atoms with E-state index in [-0.39, 0.29) is 6.79 Å². The van der Waals surface area contributed by atoms with E-state index in [0.29, 0.717) is 33.9 Å². The molecule has 0 unspecified atom stereocenters. The molecule has 0 aliphatic carbocycles. The Morgan fingerprint density at radius 2 is 1.88 bits per heavy atom. The lowest BCUT2D eigenvalue weighted by molar-refractivity contribution is 0.174. The maximum absolute atomic E-state index is 6.10. The second kappa shape index (κ2) is 7.67.